The monoisotopic (exact) mass is 584 g/mol. The summed E-state index contributed by atoms with van der Waals surface area (Å²) in [4.78, 5) is 37.1. The molecular formula is C22H18BrClN2O6S2. The smallest absolute Gasteiger partial charge is 0.343 e. The molecule has 2 amide bonds. The second-order valence-corrected chi connectivity index (χ2v) is 9.56. The summed E-state index contributed by atoms with van der Waals surface area (Å²) in [5, 5.41) is 1.51. The van der Waals surface area contributed by atoms with Crippen molar-refractivity contribution in [2.75, 3.05) is 20.3 Å². The summed E-state index contributed by atoms with van der Waals surface area (Å²) < 4.78 is 16.4. The Bertz CT molecular complexity index is 1170. The van der Waals surface area contributed by atoms with Gasteiger partial charge < -0.3 is 14.2 Å². The normalized spacial score (nSPS) is 14.4. The van der Waals surface area contributed by atoms with E-state index in [-0.39, 0.29) is 10.9 Å². The van der Waals surface area contributed by atoms with E-state index in [1.54, 1.807) is 49.4 Å². The van der Waals surface area contributed by atoms with Gasteiger partial charge in [-0.15, -0.1) is 0 Å². The highest BCUT2D eigenvalue weighted by atomic mass is 79.9. The number of halogens is 2. The molecule has 8 nitrogen and oxygen atoms in total. The lowest BCUT2D eigenvalue weighted by Crippen LogP contribution is -2.44. The predicted molar refractivity (Wildman–Crippen MR) is 137 cm³/mol. The predicted octanol–water partition coefficient (Wildman–Crippen LogP) is 4.60. The minimum absolute atomic E-state index is 0.181. The van der Waals surface area contributed by atoms with Gasteiger partial charge in [-0.25, -0.2) is 4.79 Å². The van der Waals surface area contributed by atoms with Crippen molar-refractivity contribution in [3.63, 3.8) is 0 Å². The number of carbonyl (C=O) groups excluding carboxylic acids is 3. The van der Waals surface area contributed by atoms with Crippen LogP contribution >= 0.6 is 51.5 Å². The molecule has 1 aliphatic heterocycles. The van der Waals surface area contributed by atoms with Crippen LogP contribution in [-0.2, 0) is 14.3 Å². The maximum absolute atomic E-state index is 12.9. The summed E-state index contributed by atoms with van der Waals surface area (Å²) in [6.45, 7) is 1.86. The Morgan fingerprint density at radius 3 is 2.59 bits per heavy atom. The van der Waals surface area contributed by atoms with Crippen LogP contribution in [0, 0.1) is 0 Å². The van der Waals surface area contributed by atoms with Crippen LogP contribution in [0.1, 0.15) is 22.8 Å². The third-order valence-electron chi connectivity index (χ3n) is 4.30. The lowest BCUT2D eigenvalue weighted by Gasteiger charge is -2.15. The Labute approximate surface area is 218 Å². The zero-order valence-corrected chi connectivity index (χ0v) is 21.9. The maximum Gasteiger partial charge on any atom is 0.343 e. The molecule has 2 aromatic carbocycles. The van der Waals surface area contributed by atoms with Crippen molar-refractivity contribution in [1.29, 1.82) is 0 Å². The lowest BCUT2D eigenvalue weighted by molar-refractivity contribution is -0.143. The molecule has 0 atom stereocenters. The third-order valence-corrected chi connectivity index (χ3v) is 6.45. The third kappa shape index (κ3) is 6.29. The van der Waals surface area contributed by atoms with Gasteiger partial charge in [-0.05, 0) is 83.1 Å². The largest absolute Gasteiger partial charge is 0.490 e. The summed E-state index contributed by atoms with van der Waals surface area (Å²) in [6, 6.07) is 9.61. The van der Waals surface area contributed by atoms with Gasteiger partial charge in [-0.1, -0.05) is 23.4 Å². The van der Waals surface area contributed by atoms with Gasteiger partial charge in [0, 0.05) is 10.6 Å². The SMILES string of the molecule is CCOc1cc(/C=C2\SC(=S)N(NC(=O)c3ccc(Cl)cc3)C2=O)cc(Br)c1OCC(=O)OC. The molecule has 1 aliphatic rings. The highest BCUT2D eigenvalue weighted by Crippen LogP contribution is 2.39. The Balaban J connectivity index is 1.81. The molecule has 178 valence electrons. The topological polar surface area (TPSA) is 94.2 Å². The molecule has 0 saturated carbocycles. The number of hydrazine groups is 1. The number of ether oxygens (including phenoxy) is 3. The number of methoxy groups -OCH3 is 1. The van der Waals surface area contributed by atoms with Crippen LogP contribution in [-0.4, -0.2) is 47.4 Å². The fourth-order valence-electron chi connectivity index (χ4n) is 2.75. The van der Waals surface area contributed by atoms with Gasteiger partial charge in [0.15, 0.2) is 22.4 Å². The molecule has 1 heterocycles. The van der Waals surface area contributed by atoms with Crippen LogP contribution in [0.25, 0.3) is 6.08 Å². The first-order valence-electron chi connectivity index (χ1n) is 9.74. The number of nitrogens with one attached hydrogen (secondary N) is 1. The first-order valence-corrected chi connectivity index (χ1v) is 12.1. The fourth-order valence-corrected chi connectivity index (χ4v) is 4.63. The van der Waals surface area contributed by atoms with Crippen LogP contribution in [0.2, 0.25) is 5.02 Å². The molecule has 1 saturated heterocycles. The van der Waals surface area contributed by atoms with E-state index >= 15 is 0 Å². The quantitative estimate of drug-likeness (QED) is 0.273. The number of carbonyl (C=O) groups is 3. The number of nitrogens with zero attached hydrogens (tertiary/aromatic N) is 1. The summed E-state index contributed by atoms with van der Waals surface area (Å²) in [5.41, 5.74) is 3.46. The second-order valence-electron chi connectivity index (χ2n) is 6.59. The van der Waals surface area contributed by atoms with Crippen LogP contribution in [0.3, 0.4) is 0 Å². The molecule has 0 aliphatic carbocycles. The van der Waals surface area contributed by atoms with Gasteiger partial charge in [0.25, 0.3) is 11.8 Å². The number of amides is 2. The number of rotatable bonds is 8. The Morgan fingerprint density at radius 2 is 1.94 bits per heavy atom. The second kappa shape index (κ2) is 11.7. The number of thiocarbonyl (C=S) groups is 1. The number of benzene rings is 2. The van der Waals surface area contributed by atoms with Crippen LogP contribution < -0.4 is 14.9 Å². The molecule has 2 aromatic rings. The summed E-state index contributed by atoms with van der Waals surface area (Å²) in [7, 11) is 1.27. The maximum atomic E-state index is 12.9. The zero-order chi connectivity index (χ0) is 24.8. The van der Waals surface area contributed by atoms with Gasteiger partial charge in [0.1, 0.15) is 0 Å². The van der Waals surface area contributed by atoms with E-state index in [1.807, 2.05) is 0 Å². The van der Waals surface area contributed by atoms with E-state index in [0.717, 1.165) is 16.8 Å². The fraction of sp³-hybridized carbons (Fsp3) is 0.182. The minimum Gasteiger partial charge on any atom is -0.490 e. The van der Waals surface area contributed by atoms with Crippen molar-refractivity contribution < 1.29 is 28.6 Å². The van der Waals surface area contributed by atoms with Gasteiger partial charge >= 0.3 is 5.97 Å². The molecule has 12 heteroatoms. The van der Waals surface area contributed by atoms with Crippen LogP contribution in [0.15, 0.2) is 45.8 Å². The summed E-state index contributed by atoms with van der Waals surface area (Å²) >= 11 is 15.6. The first-order chi connectivity index (χ1) is 16.2. The van der Waals surface area contributed by atoms with Crippen molar-refractivity contribution in [3.05, 3.63) is 61.9 Å². The molecule has 1 N–H and O–H groups in total. The summed E-state index contributed by atoms with van der Waals surface area (Å²) in [5.74, 6) is -0.811. The molecule has 0 bridgehead atoms. The van der Waals surface area contributed by atoms with Gasteiger partial charge in [-0.2, -0.15) is 5.01 Å². The van der Waals surface area contributed by atoms with E-state index in [2.05, 4.69) is 26.1 Å². The zero-order valence-electron chi connectivity index (χ0n) is 17.9. The number of hydrogen-bond donors (Lipinski definition) is 1. The highest BCUT2D eigenvalue weighted by Gasteiger charge is 2.34. The minimum atomic E-state index is -0.539. The van der Waals surface area contributed by atoms with Crippen molar-refractivity contribution in [1.82, 2.24) is 10.4 Å². The van der Waals surface area contributed by atoms with Crippen molar-refractivity contribution in [2.24, 2.45) is 0 Å². The van der Waals surface area contributed by atoms with E-state index in [0.29, 0.717) is 43.6 Å². The van der Waals surface area contributed by atoms with E-state index in [9.17, 15) is 14.4 Å². The molecule has 0 spiro atoms. The van der Waals surface area contributed by atoms with Crippen molar-refractivity contribution in [3.8, 4) is 11.5 Å². The van der Waals surface area contributed by atoms with Crippen LogP contribution in [0.4, 0.5) is 0 Å². The standard InChI is InChI=1S/C22H18BrClN2O6S2/c1-3-31-16-9-12(8-15(23)19(16)32-11-18(27)30-2)10-17-21(29)26(22(33)34-17)25-20(28)13-4-6-14(24)7-5-13/h4-10H,3,11H2,1-2H3,(H,25,28)/b17-10-. The van der Waals surface area contributed by atoms with E-state index < -0.39 is 17.8 Å². The lowest BCUT2D eigenvalue weighted by atomic mass is 10.2. The molecular weight excluding hydrogens is 568 g/mol. The number of thioether (sulfide) groups is 1. The number of hydrogen-bond acceptors (Lipinski definition) is 8. The van der Waals surface area contributed by atoms with Crippen molar-refractivity contribution in [2.45, 2.75) is 6.92 Å². The molecule has 34 heavy (non-hydrogen) atoms. The number of esters is 1. The highest BCUT2D eigenvalue weighted by molar-refractivity contribution is 9.10. The van der Waals surface area contributed by atoms with Crippen LogP contribution in [0.5, 0.6) is 11.5 Å². The Kier molecular flexibility index (Phi) is 8.95. The van der Waals surface area contributed by atoms with E-state index in [4.69, 9.17) is 33.3 Å². The van der Waals surface area contributed by atoms with E-state index in [1.165, 1.54) is 7.11 Å². The molecule has 3 rings (SSSR count). The first kappa shape index (κ1) is 26.0. The summed E-state index contributed by atoms with van der Waals surface area (Å²) in [6.07, 6.45) is 1.62. The van der Waals surface area contributed by atoms with Gasteiger partial charge in [-0.3, -0.25) is 15.0 Å². The Morgan fingerprint density at radius 1 is 1.24 bits per heavy atom. The average molecular weight is 586 g/mol. The molecule has 0 radical (unpaired) electrons. The molecule has 1 fully saturated rings. The van der Waals surface area contributed by atoms with Crippen molar-refractivity contribution >= 4 is 79.7 Å². The molecule has 0 aromatic heterocycles. The van der Waals surface area contributed by atoms with Gasteiger partial charge in [0.2, 0.25) is 0 Å². The molecule has 0 unspecified atom stereocenters. The Hall–Kier alpha value is -2.60. The average Bonchev–Trinajstić information content (AvgIpc) is 3.06. The van der Waals surface area contributed by atoms with Gasteiger partial charge in [0.05, 0.1) is 23.1 Å².